The number of carbonyl (C=O) groups is 2. The van der Waals surface area contributed by atoms with Crippen molar-refractivity contribution in [2.24, 2.45) is 29.1 Å². The Morgan fingerprint density at radius 2 is 1.64 bits per heavy atom. The topological polar surface area (TPSA) is 52.7 Å². The van der Waals surface area contributed by atoms with Gasteiger partial charge in [-0.3, -0.25) is 9.59 Å². The maximum Gasteiger partial charge on any atom is 0.242 e. The largest absolute Gasteiger partial charge is 0.371 e. The summed E-state index contributed by atoms with van der Waals surface area (Å²) in [6, 6.07) is 6.35. The van der Waals surface area contributed by atoms with Gasteiger partial charge in [-0.05, 0) is 106 Å². The fourth-order valence-corrected chi connectivity index (χ4v) is 8.21. The van der Waals surface area contributed by atoms with Crippen molar-refractivity contribution in [1.82, 2.24) is 10.2 Å². The van der Waals surface area contributed by atoms with Crippen LogP contribution in [0.4, 0.5) is 10.1 Å². The Balaban J connectivity index is 1.05. The minimum atomic E-state index is -0.292. The summed E-state index contributed by atoms with van der Waals surface area (Å²) in [4.78, 5) is 31.2. The van der Waals surface area contributed by atoms with Crippen LogP contribution in [0.3, 0.4) is 0 Å². The molecule has 7 rings (SSSR count). The summed E-state index contributed by atoms with van der Waals surface area (Å²) in [5, 5.41) is 3.19. The third-order valence-corrected chi connectivity index (χ3v) is 9.35. The molecule has 4 saturated carbocycles. The van der Waals surface area contributed by atoms with E-state index in [1.807, 2.05) is 17.0 Å². The summed E-state index contributed by atoms with van der Waals surface area (Å²) in [5.41, 5.74) is 0.868. The number of hydrogen-bond donors (Lipinski definition) is 1. The van der Waals surface area contributed by atoms with Crippen molar-refractivity contribution in [3.63, 3.8) is 0 Å². The molecule has 1 N–H and O–H groups in total. The predicted molar refractivity (Wildman–Crippen MR) is 125 cm³/mol. The van der Waals surface area contributed by atoms with Crippen LogP contribution in [0.25, 0.3) is 0 Å². The maximum atomic E-state index is 13.8. The molecular weight excluding hydrogens is 417 g/mol. The van der Waals surface area contributed by atoms with Gasteiger partial charge in [0, 0.05) is 31.9 Å². The lowest BCUT2D eigenvalue weighted by atomic mass is 9.49. The molecule has 2 heterocycles. The number of anilines is 1. The van der Waals surface area contributed by atoms with E-state index in [1.54, 1.807) is 0 Å². The zero-order valence-electron chi connectivity index (χ0n) is 19.5. The summed E-state index contributed by atoms with van der Waals surface area (Å²) < 4.78 is 13.2. The van der Waals surface area contributed by atoms with E-state index in [-0.39, 0.29) is 23.2 Å². The van der Waals surface area contributed by atoms with E-state index in [0.29, 0.717) is 18.4 Å². The van der Waals surface area contributed by atoms with Crippen LogP contribution in [0, 0.1) is 34.9 Å². The highest BCUT2D eigenvalue weighted by molar-refractivity contribution is 5.91. The van der Waals surface area contributed by atoms with E-state index in [4.69, 9.17) is 0 Å². The third-order valence-electron chi connectivity index (χ3n) is 9.35. The Morgan fingerprint density at radius 1 is 0.970 bits per heavy atom. The first-order chi connectivity index (χ1) is 16.0. The van der Waals surface area contributed by atoms with Gasteiger partial charge in [0.25, 0.3) is 0 Å². The van der Waals surface area contributed by atoms with Crippen LogP contribution in [0.15, 0.2) is 24.3 Å². The molecule has 2 saturated heterocycles. The van der Waals surface area contributed by atoms with Crippen LogP contribution in [0.1, 0.15) is 57.8 Å². The molecule has 33 heavy (non-hydrogen) atoms. The minimum Gasteiger partial charge on any atom is -0.371 e. The van der Waals surface area contributed by atoms with Gasteiger partial charge in [-0.15, -0.1) is 0 Å². The second kappa shape index (κ2) is 8.28. The Bertz CT molecular complexity index is 881. The molecule has 2 atom stereocenters. The van der Waals surface area contributed by atoms with Crippen LogP contribution < -0.4 is 10.2 Å². The molecule has 6 heteroatoms. The highest BCUT2D eigenvalue weighted by atomic mass is 19.1. The molecule has 6 aliphatic rings. The second-order valence-electron chi connectivity index (χ2n) is 11.7. The number of nitrogens with one attached hydrogen (secondary N) is 1. The van der Waals surface area contributed by atoms with Crippen molar-refractivity contribution in [2.45, 2.75) is 63.8 Å². The molecule has 0 aromatic heterocycles. The van der Waals surface area contributed by atoms with Gasteiger partial charge in [-0.25, -0.2) is 4.39 Å². The zero-order valence-corrected chi connectivity index (χ0v) is 19.5. The van der Waals surface area contributed by atoms with E-state index in [0.717, 1.165) is 81.6 Å². The zero-order chi connectivity index (χ0) is 22.6. The highest BCUT2D eigenvalue weighted by Crippen LogP contribution is 2.60. The first-order valence-electron chi connectivity index (χ1n) is 13.1. The second-order valence-corrected chi connectivity index (χ2v) is 11.7. The van der Waals surface area contributed by atoms with Gasteiger partial charge in [0.2, 0.25) is 11.8 Å². The van der Waals surface area contributed by atoms with E-state index in [9.17, 15) is 14.0 Å². The van der Waals surface area contributed by atoms with Crippen LogP contribution in [-0.4, -0.2) is 48.9 Å². The molecule has 5 nitrogen and oxygen atoms in total. The van der Waals surface area contributed by atoms with E-state index >= 15 is 0 Å². The summed E-state index contributed by atoms with van der Waals surface area (Å²) >= 11 is 0. The lowest BCUT2D eigenvalue weighted by Crippen LogP contribution is -2.57. The Morgan fingerprint density at radius 3 is 2.30 bits per heavy atom. The lowest BCUT2D eigenvalue weighted by Gasteiger charge is -2.56. The van der Waals surface area contributed by atoms with Crippen molar-refractivity contribution >= 4 is 17.5 Å². The molecule has 0 radical (unpaired) electrons. The molecule has 2 aliphatic heterocycles. The standard InChI is InChI=1S/C27H36FN3O2/c28-22-3-5-23(6-4-22)30-9-7-18(17-30)16-29-25(32)24-2-1-8-31(24)26(33)27-13-19-10-20(14-27)12-21(11-19)15-27/h3-6,18-21,24H,1-2,7-17H2,(H,29,32). The minimum absolute atomic E-state index is 0.0332. The number of halogens is 1. The molecule has 178 valence electrons. The van der Waals surface area contributed by atoms with Crippen LogP contribution in [-0.2, 0) is 9.59 Å². The van der Waals surface area contributed by atoms with Crippen molar-refractivity contribution in [3.05, 3.63) is 30.1 Å². The molecule has 1 aromatic rings. The summed E-state index contributed by atoms with van der Waals surface area (Å²) in [5.74, 6) is 2.71. The van der Waals surface area contributed by atoms with Crippen molar-refractivity contribution in [1.29, 1.82) is 0 Å². The first kappa shape index (κ1) is 21.4. The Hall–Kier alpha value is -2.11. The number of likely N-dealkylation sites (tertiary alicyclic amines) is 1. The van der Waals surface area contributed by atoms with Gasteiger partial charge in [0.15, 0.2) is 0 Å². The van der Waals surface area contributed by atoms with Crippen molar-refractivity contribution < 1.29 is 14.0 Å². The molecule has 2 unspecified atom stereocenters. The maximum absolute atomic E-state index is 13.8. The third kappa shape index (κ3) is 3.93. The van der Waals surface area contributed by atoms with E-state index in [1.165, 1.54) is 31.4 Å². The molecule has 4 bridgehead atoms. The first-order valence-corrected chi connectivity index (χ1v) is 13.1. The van der Waals surface area contributed by atoms with Crippen LogP contribution in [0.2, 0.25) is 0 Å². The van der Waals surface area contributed by atoms with Crippen LogP contribution in [0.5, 0.6) is 0 Å². The van der Waals surface area contributed by atoms with Crippen molar-refractivity contribution in [2.75, 3.05) is 31.1 Å². The smallest absolute Gasteiger partial charge is 0.242 e. The summed E-state index contributed by atoms with van der Waals surface area (Å²) in [6.45, 7) is 3.17. The number of hydrogen-bond acceptors (Lipinski definition) is 3. The quantitative estimate of drug-likeness (QED) is 0.734. The predicted octanol–water partition coefficient (Wildman–Crippen LogP) is 3.98. The normalized spacial score (nSPS) is 37.1. The number of amides is 2. The van der Waals surface area contributed by atoms with Gasteiger partial charge >= 0.3 is 0 Å². The van der Waals surface area contributed by atoms with E-state index in [2.05, 4.69) is 10.2 Å². The van der Waals surface area contributed by atoms with Gasteiger partial charge in [0.1, 0.15) is 11.9 Å². The lowest BCUT2D eigenvalue weighted by molar-refractivity contribution is -0.160. The van der Waals surface area contributed by atoms with Crippen LogP contribution >= 0.6 is 0 Å². The molecule has 4 aliphatic carbocycles. The summed E-state index contributed by atoms with van der Waals surface area (Å²) in [7, 11) is 0. The number of carbonyl (C=O) groups excluding carboxylic acids is 2. The number of rotatable bonds is 5. The fraction of sp³-hybridized carbons (Fsp3) is 0.704. The fourth-order valence-electron chi connectivity index (χ4n) is 8.21. The Kier molecular flexibility index (Phi) is 5.38. The average Bonchev–Trinajstić information content (AvgIpc) is 3.47. The highest BCUT2D eigenvalue weighted by Gasteiger charge is 2.56. The average molecular weight is 454 g/mol. The summed E-state index contributed by atoms with van der Waals surface area (Å²) in [6.07, 6.45) is 9.89. The van der Waals surface area contributed by atoms with Gasteiger partial charge in [-0.2, -0.15) is 0 Å². The molecule has 0 spiro atoms. The molecule has 1 aromatic carbocycles. The van der Waals surface area contributed by atoms with Gasteiger partial charge in [0.05, 0.1) is 5.41 Å². The SMILES string of the molecule is O=C(NCC1CCN(c2ccc(F)cc2)C1)C1CCCN1C(=O)C12CC3CC(CC(C3)C1)C2. The van der Waals surface area contributed by atoms with E-state index < -0.39 is 0 Å². The van der Waals surface area contributed by atoms with Crippen molar-refractivity contribution in [3.8, 4) is 0 Å². The molecule has 6 fully saturated rings. The monoisotopic (exact) mass is 453 g/mol. The molecular formula is C27H36FN3O2. The number of nitrogens with zero attached hydrogens (tertiary/aromatic N) is 2. The number of benzene rings is 1. The molecule has 2 amide bonds. The van der Waals surface area contributed by atoms with Gasteiger partial charge in [-0.1, -0.05) is 0 Å². The Labute approximate surface area is 196 Å². The van der Waals surface area contributed by atoms with Gasteiger partial charge < -0.3 is 15.1 Å².